The molecule has 2 heterocycles. The van der Waals surface area contributed by atoms with Crippen LogP contribution in [-0.2, 0) is 14.6 Å². The van der Waals surface area contributed by atoms with Crippen molar-refractivity contribution in [3.8, 4) is 0 Å². The maximum atomic E-state index is 11.9. The van der Waals surface area contributed by atoms with E-state index in [9.17, 15) is 13.2 Å². The highest BCUT2D eigenvalue weighted by atomic mass is 32.2. The van der Waals surface area contributed by atoms with Gasteiger partial charge in [-0.25, -0.2) is 8.42 Å². The lowest BCUT2D eigenvalue weighted by atomic mass is 10.0. The number of hydrogen-bond acceptors (Lipinski definition) is 5. The molecule has 0 saturated carbocycles. The largest absolute Gasteiger partial charge is 0.480 e. The highest BCUT2D eigenvalue weighted by Crippen LogP contribution is 2.24. The maximum Gasteiger partial charge on any atom is 0.319 e. The summed E-state index contributed by atoms with van der Waals surface area (Å²) >= 11 is 0. The van der Waals surface area contributed by atoms with Crippen LogP contribution in [0.25, 0.3) is 22.2 Å². The Morgan fingerprint density at radius 3 is 1.83 bits per heavy atom. The molecule has 0 aromatic heterocycles. The van der Waals surface area contributed by atoms with E-state index in [1.165, 1.54) is 54.3 Å². The van der Waals surface area contributed by atoms with Gasteiger partial charge in [0.25, 0.3) is 0 Å². The number of carbonyl (C=O) groups is 1. The Bertz CT molecular complexity index is 1310. The number of carboxylic acids is 1. The fraction of sp³-hybridized carbons (Fsp3) is 0.250. The second-order valence-electron chi connectivity index (χ2n) is 8.58. The van der Waals surface area contributed by atoms with Crippen molar-refractivity contribution in [1.82, 2.24) is 10.6 Å². The van der Waals surface area contributed by atoms with Crippen LogP contribution >= 0.6 is 0 Å². The molecule has 0 saturated heterocycles. The van der Waals surface area contributed by atoms with Crippen molar-refractivity contribution in [2.45, 2.75) is 30.6 Å². The minimum atomic E-state index is -3.79. The van der Waals surface area contributed by atoms with Crippen molar-refractivity contribution in [3.63, 3.8) is 0 Å². The van der Waals surface area contributed by atoms with Gasteiger partial charge in [-0.05, 0) is 48.3 Å². The summed E-state index contributed by atoms with van der Waals surface area (Å²) < 4.78 is 23.8. The number of sulfone groups is 1. The number of benzene rings is 3. The van der Waals surface area contributed by atoms with E-state index in [-0.39, 0.29) is 4.90 Å². The predicted molar refractivity (Wildman–Crippen MR) is 141 cm³/mol. The first-order valence-corrected chi connectivity index (χ1v) is 13.5. The highest BCUT2D eigenvalue weighted by molar-refractivity contribution is 7.92. The van der Waals surface area contributed by atoms with Crippen LogP contribution in [0, 0.1) is 0 Å². The third kappa shape index (κ3) is 6.31. The van der Waals surface area contributed by atoms with E-state index in [1.807, 2.05) is 0 Å². The maximum absolute atomic E-state index is 11.9. The molecule has 3 aromatic carbocycles. The van der Waals surface area contributed by atoms with Crippen molar-refractivity contribution in [3.05, 3.63) is 90.0 Å². The van der Waals surface area contributed by atoms with Crippen LogP contribution in [0.3, 0.4) is 0 Å². The molecule has 0 unspecified atom stereocenters. The third-order valence-corrected chi connectivity index (χ3v) is 7.65. The fourth-order valence-corrected chi connectivity index (χ4v) is 5.55. The first-order chi connectivity index (χ1) is 16.9. The molecule has 3 N–H and O–H groups in total. The molecule has 0 spiro atoms. The summed E-state index contributed by atoms with van der Waals surface area (Å²) in [6, 6.07) is 20.7. The van der Waals surface area contributed by atoms with Crippen LogP contribution in [0.2, 0.25) is 0 Å². The number of fused-ring (bicyclic) bond motifs is 1. The van der Waals surface area contributed by atoms with Gasteiger partial charge in [0, 0.05) is 29.9 Å². The first kappa shape index (κ1) is 24.5. The number of hydrogen-bond donors (Lipinski definition) is 3. The van der Waals surface area contributed by atoms with Gasteiger partial charge in [0.1, 0.15) is 0 Å². The van der Waals surface area contributed by atoms with E-state index in [2.05, 4.69) is 47.1 Å². The van der Waals surface area contributed by atoms with Crippen LogP contribution < -0.4 is 10.6 Å². The SMILES string of the molecule is C1=C(c2ccc(C3=CCCCN3)cc2)NCCC1.O=C(O)CS(=O)(=O)c1cccc2ccccc12. The number of aliphatic carboxylic acids is 1. The third-order valence-electron chi connectivity index (χ3n) is 5.99. The molecule has 182 valence electrons. The first-order valence-electron chi connectivity index (χ1n) is 11.9. The van der Waals surface area contributed by atoms with Crippen LogP contribution in [0.1, 0.15) is 36.8 Å². The van der Waals surface area contributed by atoms with Gasteiger partial charge in [0.05, 0.1) is 4.90 Å². The Morgan fingerprint density at radius 2 is 1.31 bits per heavy atom. The summed E-state index contributed by atoms with van der Waals surface area (Å²) in [6.07, 6.45) is 9.48. The van der Waals surface area contributed by atoms with E-state index < -0.39 is 21.6 Å². The molecule has 7 heteroatoms. The van der Waals surface area contributed by atoms with Crippen LogP contribution in [0.5, 0.6) is 0 Å². The van der Waals surface area contributed by atoms with E-state index in [4.69, 9.17) is 5.11 Å². The van der Waals surface area contributed by atoms with Gasteiger partial charge in [0.2, 0.25) is 0 Å². The van der Waals surface area contributed by atoms with E-state index in [1.54, 1.807) is 36.4 Å². The average Bonchev–Trinajstić information content (AvgIpc) is 2.89. The highest BCUT2D eigenvalue weighted by Gasteiger charge is 2.20. The summed E-state index contributed by atoms with van der Waals surface area (Å²) in [6.45, 7) is 2.20. The van der Waals surface area contributed by atoms with Crippen LogP contribution in [-0.4, -0.2) is 38.3 Å². The van der Waals surface area contributed by atoms with Crippen molar-refractivity contribution >= 4 is 38.0 Å². The lowest BCUT2D eigenvalue weighted by Crippen LogP contribution is -2.18. The Kier molecular flexibility index (Phi) is 7.87. The van der Waals surface area contributed by atoms with Gasteiger partial charge in [-0.3, -0.25) is 4.79 Å². The summed E-state index contributed by atoms with van der Waals surface area (Å²) in [7, 11) is -3.79. The Hall–Kier alpha value is -3.58. The standard InChI is InChI=1S/C16H20N2.C12H10O4S/c1-3-11-17-15(5-1)13-7-9-14(10-8-13)16-6-2-4-12-18-16;13-12(14)8-17(15,16)11-7-3-5-9-4-1-2-6-10(9)11/h5-10,17-18H,1-4,11-12H2;1-7H,8H2,(H,13,14). The van der Waals surface area contributed by atoms with E-state index in [0.717, 1.165) is 18.5 Å². The topological polar surface area (TPSA) is 95.5 Å². The molecule has 35 heavy (non-hydrogen) atoms. The predicted octanol–water partition coefficient (Wildman–Crippen LogP) is 4.83. The van der Waals surface area contributed by atoms with Gasteiger partial charge in [-0.1, -0.05) is 72.8 Å². The van der Waals surface area contributed by atoms with E-state index in [0.29, 0.717) is 5.39 Å². The van der Waals surface area contributed by atoms with Crippen molar-refractivity contribution < 1.29 is 18.3 Å². The van der Waals surface area contributed by atoms with Gasteiger partial charge in [-0.2, -0.15) is 0 Å². The molecule has 2 aliphatic heterocycles. The molecular weight excluding hydrogens is 460 g/mol. The second-order valence-corrected chi connectivity index (χ2v) is 10.5. The zero-order valence-electron chi connectivity index (χ0n) is 19.5. The zero-order valence-corrected chi connectivity index (χ0v) is 20.4. The number of rotatable bonds is 5. The molecule has 0 atom stereocenters. The number of nitrogens with one attached hydrogen (secondary N) is 2. The normalized spacial score (nSPS) is 15.5. The van der Waals surface area contributed by atoms with Gasteiger partial charge < -0.3 is 15.7 Å². The Balaban J connectivity index is 0.000000165. The number of carboxylic acid groups (broad SMARTS) is 1. The lowest BCUT2D eigenvalue weighted by Gasteiger charge is -2.18. The lowest BCUT2D eigenvalue weighted by molar-refractivity contribution is -0.134. The van der Waals surface area contributed by atoms with E-state index >= 15 is 0 Å². The second kappa shape index (κ2) is 11.2. The van der Waals surface area contributed by atoms with Crippen molar-refractivity contribution in [2.75, 3.05) is 18.8 Å². The monoisotopic (exact) mass is 490 g/mol. The van der Waals surface area contributed by atoms with Gasteiger partial charge in [0.15, 0.2) is 15.6 Å². The van der Waals surface area contributed by atoms with Crippen LogP contribution in [0.4, 0.5) is 0 Å². The molecule has 2 aliphatic rings. The van der Waals surface area contributed by atoms with Gasteiger partial charge in [-0.15, -0.1) is 0 Å². The molecule has 3 aromatic rings. The zero-order chi connectivity index (χ0) is 24.7. The molecule has 0 radical (unpaired) electrons. The molecule has 5 rings (SSSR count). The average molecular weight is 491 g/mol. The van der Waals surface area contributed by atoms with Gasteiger partial charge >= 0.3 is 5.97 Å². The summed E-state index contributed by atoms with van der Waals surface area (Å²) in [5.41, 5.74) is 5.18. The molecule has 6 nitrogen and oxygen atoms in total. The molecule has 0 aliphatic carbocycles. The minimum absolute atomic E-state index is 0.0676. The molecule has 0 fully saturated rings. The minimum Gasteiger partial charge on any atom is -0.480 e. The summed E-state index contributed by atoms with van der Waals surface area (Å²) in [5.74, 6) is -2.24. The van der Waals surface area contributed by atoms with Crippen LogP contribution in [0.15, 0.2) is 83.8 Å². The molecule has 0 amide bonds. The van der Waals surface area contributed by atoms with Crippen molar-refractivity contribution in [1.29, 1.82) is 0 Å². The molecule has 0 bridgehead atoms. The Morgan fingerprint density at radius 1 is 0.771 bits per heavy atom. The summed E-state index contributed by atoms with van der Waals surface area (Å²) in [4.78, 5) is 10.6. The Labute approximate surface area is 206 Å². The fourth-order valence-electron chi connectivity index (χ4n) is 4.26. The molecular formula is C28H30N2O4S. The number of allylic oxidation sites excluding steroid dienone is 2. The smallest absolute Gasteiger partial charge is 0.319 e. The van der Waals surface area contributed by atoms with Crippen molar-refractivity contribution in [2.24, 2.45) is 0 Å². The summed E-state index contributed by atoms with van der Waals surface area (Å²) in [5, 5.41) is 16.9. The quantitative estimate of drug-likeness (QED) is 0.474.